The Kier molecular flexibility index (Phi) is 1.55. The fourth-order valence-electron chi connectivity index (χ4n) is 1.74. The van der Waals surface area contributed by atoms with E-state index in [2.05, 4.69) is 10.3 Å². The third kappa shape index (κ3) is 0.960. The Balaban J connectivity index is 2.31. The molecule has 0 saturated heterocycles. The summed E-state index contributed by atoms with van der Waals surface area (Å²) in [5, 5.41) is 4.01. The topological polar surface area (TPSA) is 29.9 Å². The number of halogens is 1. The summed E-state index contributed by atoms with van der Waals surface area (Å²) in [5.41, 5.74) is 2.24. The van der Waals surface area contributed by atoms with Crippen LogP contribution in [0.15, 0.2) is 30.6 Å². The van der Waals surface area contributed by atoms with Gasteiger partial charge in [-0.15, -0.1) is 0 Å². The van der Waals surface area contributed by atoms with Crippen LogP contribution in [0.4, 0.5) is 5.95 Å². The quantitative estimate of drug-likeness (QED) is 0.716. The summed E-state index contributed by atoms with van der Waals surface area (Å²) < 4.78 is 2.00. The molecule has 3 rings (SSSR count). The second-order valence-electron chi connectivity index (χ2n) is 3.21. The maximum atomic E-state index is 6.10. The molecule has 2 aromatic rings. The van der Waals surface area contributed by atoms with Gasteiger partial charge in [0.25, 0.3) is 0 Å². The number of hydrogen-bond acceptors (Lipinski definition) is 2. The van der Waals surface area contributed by atoms with Crippen molar-refractivity contribution in [1.82, 2.24) is 9.55 Å². The maximum absolute atomic E-state index is 6.10. The molecule has 0 spiro atoms. The normalized spacial score (nSPS) is 12.9. The van der Waals surface area contributed by atoms with Crippen LogP contribution < -0.4 is 5.32 Å². The second kappa shape index (κ2) is 2.75. The molecular formula is C10H8ClN3. The smallest absolute Gasteiger partial charge is 0.207 e. The van der Waals surface area contributed by atoms with Gasteiger partial charge >= 0.3 is 0 Å². The van der Waals surface area contributed by atoms with Crippen LogP contribution >= 0.6 is 11.6 Å². The van der Waals surface area contributed by atoms with Gasteiger partial charge in [0.05, 0.1) is 5.69 Å². The molecular weight excluding hydrogens is 198 g/mol. The minimum atomic E-state index is 0.742. The van der Waals surface area contributed by atoms with Crippen LogP contribution in [-0.2, 0) is 6.54 Å². The molecule has 14 heavy (non-hydrogen) atoms. The van der Waals surface area contributed by atoms with Crippen molar-refractivity contribution in [1.29, 1.82) is 0 Å². The van der Waals surface area contributed by atoms with E-state index < -0.39 is 0 Å². The van der Waals surface area contributed by atoms with Gasteiger partial charge in [-0.2, -0.15) is 0 Å². The van der Waals surface area contributed by atoms with Crippen LogP contribution in [0.25, 0.3) is 5.69 Å². The van der Waals surface area contributed by atoms with Crippen LogP contribution in [0.3, 0.4) is 0 Å². The lowest BCUT2D eigenvalue weighted by Gasteiger charge is -2.20. The first-order valence-electron chi connectivity index (χ1n) is 4.41. The standard InChI is InChI=1S/C10H8ClN3/c11-8-2-1-3-9-7(8)6-13-10-12-4-5-14(9)10/h1-5H,6H2,(H,12,13). The SMILES string of the molecule is Clc1cccc2c1CNc1nccn1-2. The van der Waals surface area contributed by atoms with E-state index >= 15 is 0 Å². The van der Waals surface area contributed by atoms with Crippen LogP contribution in [-0.4, -0.2) is 9.55 Å². The summed E-state index contributed by atoms with van der Waals surface area (Å²) in [5.74, 6) is 0.875. The van der Waals surface area contributed by atoms with Crippen molar-refractivity contribution in [3.05, 3.63) is 41.2 Å². The third-order valence-electron chi connectivity index (χ3n) is 2.42. The highest BCUT2D eigenvalue weighted by Crippen LogP contribution is 2.29. The number of aromatic nitrogens is 2. The number of nitrogens with one attached hydrogen (secondary N) is 1. The Morgan fingerprint density at radius 2 is 2.36 bits per heavy atom. The Morgan fingerprint density at radius 1 is 1.43 bits per heavy atom. The van der Waals surface area contributed by atoms with Crippen LogP contribution in [0.2, 0.25) is 5.02 Å². The van der Waals surface area contributed by atoms with Gasteiger partial charge in [0.1, 0.15) is 0 Å². The molecule has 0 radical (unpaired) electrons. The number of imidazole rings is 1. The molecule has 1 aliphatic rings. The van der Waals surface area contributed by atoms with E-state index in [9.17, 15) is 0 Å². The summed E-state index contributed by atoms with van der Waals surface area (Å²) in [4.78, 5) is 4.19. The third-order valence-corrected chi connectivity index (χ3v) is 2.77. The van der Waals surface area contributed by atoms with Gasteiger partial charge in [-0.05, 0) is 12.1 Å². The molecule has 0 aliphatic carbocycles. The monoisotopic (exact) mass is 205 g/mol. The molecule has 70 valence electrons. The lowest BCUT2D eigenvalue weighted by Crippen LogP contribution is -2.14. The van der Waals surface area contributed by atoms with Crippen molar-refractivity contribution in [2.45, 2.75) is 6.54 Å². The van der Waals surface area contributed by atoms with Crippen molar-refractivity contribution in [2.24, 2.45) is 0 Å². The lowest BCUT2D eigenvalue weighted by atomic mass is 10.1. The Labute approximate surface area is 86.3 Å². The highest BCUT2D eigenvalue weighted by Gasteiger charge is 2.16. The highest BCUT2D eigenvalue weighted by atomic mass is 35.5. The van der Waals surface area contributed by atoms with Gasteiger partial charge in [0.15, 0.2) is 0 Å². The summed E-state index contributed by atoms with van der Waals surface area (Å²) >= 11 is 6.10. The number of fused-ring (bicyclic) bond motifs is 3. The zero-order valence-corrected chi connectivity index (χ0v) is 8.12. The molecule has 0 fully saturated rings. The highest BCUT2D eigenvalue weighted by molar-refractivity contribution is 6.31. The van der Waals surface area contributed by atoms with Crippen LogP contribution in [0.5, 0.6) is 0 Å². The maximum Gasteiger partial charge on any atom is 0.207 e. The number of nitrogens with zero attached hydrogens (tertiary/aromatic N) is 2. The summed E-state index contributed by atoms with van der Waals surface area (Å²) in [6, 6.07) is 5.91. The molecule has 4 heteroatoms. The number of anilines is 1. The van der Waals surface area contributed by atoms with Crippen LogP contribution in [0.1, 0.15) is 5.56 Å². The van der Waals surface area contributed by atoms with E-state index in [0.717, 1.165) is 28.8 Å². The Morgan fingerprint density at radius 3 is 3.29 bits per heavy atom. The van der Waals surface area contributed by atoms with E-state index in [1.807, 2.05) is 29.0 Å². The van der Waals surface area contributed by atoms with E-state index in [0.29, 0.717) is 0 Å². The first kappa shape index (κ1) is 7.88. The zero-order valence-electron chi connectivity index (χ0n) is 7.37. The molecule has 0 atom stereocenters. The van der Waals surface area contributed by atoms with Crippen LogP contribution in [0, 0.1) is 0 Å². The minimum absolute atomic E-state index is 0.742. The first-order valence-corrected chi connectivity index (χ1v) is 4.79. The van der Waals surface area contributed by atoms with Crippen molar-refractivity contribution >= 4 is 17.5 Å². The Bertz CT molecular complexity index is 490. The van der Waals surface area contributed by atoms with E-state index in [1.165, 1.54) is 0 Å². The molecule has 1 aliphatic heterocycles. The summed E-state index contributed by atoms with van der Waals surface area (Å²) in [7, 11) is 0. The fourth-order valence-corrected chi connectivity index (χ4v) is 1.98. The van der Waals surface area contributed by atoms with Gasteiger partial charge < -0.3 is 5.32 Å². The fraction of sp³-hybridized carbons (Fsp3) is 0.100. The molecule has 0 bridgehead atoms. The summed E-state index contributed by atoms with van der Waals surface area (Å²) in [6.45, 7) is 0.742. The minimum Gasteiger partial charge on any atom is -0.351 e. The zero-order chi connectivity index (χ0) is 9.54. The molecule has 1 aromatic carbocycles. The van der Waals surface area contributed by atoms with Crippen molar-refractivity contribution < 1.29 is 0 Å². The average molecular weight is 206 g/mol. The number of rotatable bonds is 0. The second-order valence-corrected chi connectivity index (χ2v) is 3.62. The molecule has 3 nitrogen and oxygen atoms in total. The predicted octanol–water partition coefficient (Wildman–Crippen LogP) is 2.45. The number of benzene rings is 1. The largest absolute Gasteiger partial charge is 0.351 e. The lowest BCUT2D eigenvalue weighted by molar-refractivity contribution is 0.934. The van der Waals surface area contributed by atoms with Crippen molar-refractivity contribution in [2.75, 3.05) is 5.32 Å². The molecule has 0 unspecified atom stereocenters. The van der Waals surface area contributed by atoms with Gasteiger partial charge in [-0.1, -0.05) is 17.7 Å². The molecule has 1 aromatic heterocycles. The molecule has 2 heterocycles. The van der Waals surface area contributed by atoms with Gasteiger partial charge in [-0.25, -0.2) is 4.98 Å². The van der Waals surface area contributed by atoms with E-state index in [-0.39, 0.29) is 0 Å². The molecule has 1 N–H and O–H groups in total. The van der Waals surface area contributed by atoms with Crippen molar-refractivity contribution in [3.63, 3.8) is 0 Å². The van der Waals surface area contributed by atoms with Gasteiger partial charge in [0, 0.05) is 29.5 Å². The summed E-state index contributed by atoms with van der Waals surface area (Å²) in [6.07, 6.45) is 3.70. The first-order chi connectivity index (χ1) is 6.86. The predicted molar refractivity (Wildman–Crippen MR) is 55.9 cm³/mol. The molecule has 0 amide bonds. The Hall–Kier alpha value is -1.48. The van der Waals surface area contributed by atoms with Gasteiger partial charge in [-0.3, -0.25) is 4.57 Å². The number of hydrogen-bond donors (Lipinski definition) is 1. The van der Waals surface area contributed by atoms with E-state index in [1.54, 1.807) is 6.20 Å². The van der Waals surface area contributed by atoms with E-state index in [4.69, 9.17) is 11.6 Å². The average Bonchev–Trinajstić information content (AvgIpc) is 2.66. The van der Waals surface area contributed by atoms with Crippen molar-refractivity contribution in [3.8, 4) is 5.69 Å². The van der Waals surface area contributed by atoms with Gasteiger partial charge in [0.2, 0.25) is 5.95 Å². The molecule has 0 saturated carbocycles.